The molecule has 1 N–H and O–H groups in total. The van der Waals surface area contributed by atoms with Crippen LogP contribution in [0.25, 0.3) is 32.9 Å². The maximum absolute atomic E-state index is 17.3. The quantitative estimate of drug-likeness (QED) is 0.226. The van der Waals surface area contributed by atoms with Gasteiger partial charge in [0.15, 0.2) is 15.7 Å². The fourth-order valence-corrected chi connectivity index (χ4v) is 12.9. The molecular formula is C41H45F2N5O6S. The molecule has 0 spiro atoms. The molecule has 0 amide bonds. The molecule has 290 valence electrons. The molecule has 5 heterocycles. The molecule has 2 aliphatic carbocycles. The lowest BCUT2D eigenvalue weighted by molar-refractivity contribution is -0.0223. The van der Waals surface area contributed by atoms with Crippen molar-refractivity contribution in [1.82, 2.24) is 19.9 Å². The van der Waals surface area contributed by atoms with Gasteiger partial charge >= 0.3 is 6.01 Å². The first-order chi connectivity index (χ1) is 26.6. The highest BCUT2D eigenvalue weighted by Gasteiger charge is 2.53. The Kier molecular flexibility index (Phi) is 9.25. The number of likely N-dealkylation sites (tertiary alicyclic amines) is 1. The molecule has 2 aromatic heterocycles. The van der Waals surface area contributed by atoms with Crippen molar-refractivity contribution in [3.8, 4) is 41.2 Å². The van der Waals surface area contributed by atoms with E-state index in [1.165, 1.54) is 31.4 Å². The second-order valence-electron chi connectivity index (χ2n) is 16.1. The van der Waals surface area contributed by atoms with Crippen molar-refractivity contribution >= 4 is 37.3 Å². The Hall–Kier alpha value is -4.32. The van der Waals surface area contributed by atoms with E-state index >= 15 is 8.78 Å². The Bertz CT molecular complexity index is 2310. The summed E-state index contributed by atoms with van der Waals surface area (Å²) >= 11 is 0. The van der Waals surface area contributed by atoms with Crippen LogP contribution in [0.1, 0.15) is 56.9 Å². The van der Waals surface area contributed by atoms with Gasteiger partial charge in [-0.2, -0.15) is 9.97 Å². The van der Waals surface area contributed by atoms with Crippen LogP contribution in [-0.2, 0) is 14.6 Å². The van der Waals surface area contributed by atoms with E-state index in [0.29, 0.717) is 67.7 Å². The minimum atomic E-state index is -2.94. The molecule has 0 radical (unpaired) electrons. The van der Waals surface area contributed by atoms with Gasteiger partial charge in [0.2, 0.25) is 5.88 Å². The average molecular weight is 774 g/mol. The minimum Gasteiger partial charge on any atom is -0.508 e. The van der Waals surface area contributed by atoms with Gasteiger partial charge in [-0.1, -0.05) is 18.4 Å². The summed E-state index contributed by atoms with van der Waals surface area (Å²) in [5, 5.41) is 11.6. The van der Waals surface area contributed by atoms with Crippen molar-refractivity contribution in [1.29, 1.82) is 0 Å². The van der Waals surface area contributed by atoms with Crippen LogP contribution in [0, 0.1) is 41.2 Å². The van der Waals surface area contributed by atoms with Crippen LogP contribution in [-0.4, -0.2) is 104 Å². The molecule has 3 aliphatic heterocycles. The molecule has 5 fully saturated rings. The first kappa shape index (κ1) is 36.3. The Morgan fingerprint density at radius 2 is 1.82 bits per heavy atom. The average Bonchev–Trinajstić information content (AvgIpc) is 3.77. The number of phenolic OH excluding ortho intramolecular Hbond substituents is 1. The van der Waals surface area contributed by atoms with E-state index in [-0.39, 0.29) is 68.0 Å². The predicted octanol–water partition coefficient (Wildman–Crippen LogP) is 5.88. The molecule has 3 unspecified atom stereocenters. The van der Waals surface area contributed by atoms with Crippen LogP contribution >= 0.6 is 0 Å². The van der Waals surface area contributed by atoms with Gasteiger partial charge in [0.25, 0.3) is 0 Å². The number of anilines is 1. The van der Waals surface area contributed by atoms with Crippen molar-refractivity contribution in [2.45, 2.75) is 63.5 Å². The van der Waals surface area contributed by atoms with E-state index in [4.69, 9.17) is 30.6 Å². The van der Waals surface area contributed by atoms with Crippen LogP contribution in [0.3, 0.4) is 0 Å². The zero-order valence-corrected chi connectivity index (χ0v) is 31.7. The summed E-state index contributed by atoms with van der Waals surface area (Å²) in [6.45, 7) is 3.45. The minimum absolute atomic E-state index is 0.0275. The molecule has 5 aliphatic rings. The Morgan fingerprint density at radius 1 is 1.02 bits per heavy atom. The maximum Gasteiger partial charge on any atom is 0.319 e. The number of aromatic nitrogens is 3. The van der Waals surface area contributed by atoms with Gasteiger partial charge < -0.3 is 24.2 Å². The van der Waals surface area contributed by atoms with Crippen molar-refractivity contribution in [2.24, 2.45) is 17.3 Å². The van der Waals surface area contributed by atoms with Gasteiger partial charge in [-0.15, -0.1) is 6.42 Å². The molecule has 14 heteroatoms. The number of pyridine rings is 1. The van der Waals surface area contributed by atoms with Crippen molar-refractivity contribution < 1.29 is 36.5 Å². The zero-order chi connectivity index (χ0) is 38.1. The fraction of sp³-hybridized carbons (Fsp3) is 0.537. The molecule has 2 saturated carbocycles. The summed E-state index contributed by atoms with van der Waals surface area (Å²) in [5.74, 6) is 2.33. The van der Waals surface area contributed by atoms with Crippen LogP contribution < -0.4 is 14.4 Å². The van der Waals surface area contributed by atoms with E-state index in [1.54, 1.807) is 0 Å². The fourth-order valence-electron chi connectivity index (χ4n) is 10.6. The van der Waals surface area contributed by atoms with Gasteiger partial charge in [0.05, 0.1) is 37.4 Å². The van der Waals surface area contributed by atoms with Gasteiger partial charge in [-0.05, 0) is 86.9 Å². The second-order valence-corrected chi connectivity index (χ2v) is 18.2. The first-order valence-corrected chi connectivity index (χ1v) is 21.2. The van der Waals surface area contributed by atoms with Crippen molar-refractivity contribution in [2.75, 3.05) is 63.0 Å². The zero-order valence-electron chi connectivity index (χ0n) is 30.9. The number of hydrogen-bond acceptors (Lipinski definition) is 11. The Balaban J connectivity index is 1.12. The standard InChI is InChI=1S/C41H45F2N5O6S/c1-3-29-31(42)9-8-24-19-28(49)20-30(33(24)29)36-35(43)37-34(39(44-36)52-2)38(47-12-6-15-53-16-14-47)46-40(45-37)54-23-41-10-4-7-32(41)48(13-5-11-41)27-17-25-21-55(50,51)22-26(25)18-27/h1,8-9,19-20,25-27,32,49H,4-7,10-18,21-23H2,2H3/t25-,26+,27?,32?,41?. The number of aromatic hydroxyl groups is 1. The van der Waals surface area contributed by atoms with Crippen molar-refractivity contribution in [3.63, 3.8) is 0 Å². The van der Waals surface area contributed by atoms with Crippen LogP contribution in [0.4, 0.5) is 14.6 Å². The molecule has 0 bridgehead atoms. The van der Waals surface area contributed by atoms with Crippen LogP contribution in [0.15, 0.2) is 24.3 Å². The van der Waals surface area contributed by atoms with Gasteiger partial charge in [-0.25, -0.2) is 22.2 Å². The topological polar surface area (TPSA) is 127 Å². The van der Waals surface area contributed by atoms with Gasteiger partial charge in [0.1, 0.15) is 34.0 Å². The van der Waals surface area contributed by atoms with E-state index < -0.39 is 21.5 Å². The number of nitrogens with zero attached hydrogens (tertiary/aromatic N) is 5. The third kappa shape index (κ3) is 6.32. The largest absolute Gasteiger partial charge is 0.508 e. The molecule has 2 aromatic carbocycles. The molecule has 4 aromatic rings. The molecule has 5 atom stereocenters. The monoisotopic (exact) mass is 773 g/mol. The van der Waals surface area contributed by atoms with Gasteiger partial charge in [0, 0.05) is 48.1 Å². The molecule has 11 nitrogen and oxygen atoms in total. The summed E-state index contributed by atoms with van der Waals surface area (Å²) in [4.78, 5) is 18.9. The maximum atomic E-state index is 17.3. The summed E-state index contributed by atoms with van der Waals surface area (Å²) in [5.41, 5.74) is -0.432. The molecular weight excluding hydrogens is 729 g/mol. The van der Waals surface area contributed by atoms with E-state index in [0.717, 1.165) is 57.9 Å². The normalized spacial score (nSPS) is 27.9. The highest BCUT2D eigenvalue weighted by atomic mass is 32.2. The number of fused-ring (bicyclic) bond motifs is 4. The summed E-state index contributed by atoms with van der Waals surface area (Å²) < 4.78 is 75.2. The second kappa shape index (κ2) is 14.0. The van der Waals surface area contributed by atoms with Crippen molar-refractivity contribution in [3.05, 3.63) is 41.5 Å². The summed E-state index contributed by atoms with van der Waals surface area (Å²) in [6, 6.07) is 6.13. The predicted molar refractivity (Wildman–Crippen MR) is 204 cm³/mol. The number of hydrogen-bond donors (Lipinski definition) is 1. The lowest BCUT2D eigenvalue weighted by Gasteiger charge is -2.48. The van der Waals surface area contributed by atoms with Gasteiger partial charge in [-0.3, -0.25) is 4.90 Å². The Morgan fingerprint density at radius 3 is 2.60 bits per heavy atom. The lowest BCUT2D eigenvalue weighted by atomic mass is 9.75. The smallest absolute Gasteiger partial charge is 0.319 e. The SMILES string of the molecule is C#Cc1c(F)ccc2cc(O)cc(-c3nc(OC)c4c(N5CCCOCC5)nc(OCC56CCCC5N(C5C[C@@H]7CS(=O)(=O)C[C@@H]7C5)CCC6)nc4c3F)c12. The number of sulfone groups is 1. The number of phenols is 1. The number of benzene rings is 2. The third-order valence-electron chi connectivity index (χ3n) is 12.9. The van der Waals surface area contributed by atoms with Crippen LogP contribution in [0.5, 0.6) is 17.6 Å². The van der Waals surface area contributed by atoms with E-state index in [2.05, 4.69) is 15.8 Å². The first-order valence-electron chi connectivity index (χ1n) is 19.4. The summed E-state index contributed by atoms with van der Waals surface area (Å²) in [6.07, 6.45) is 13.4. The number of rotatable bonds is 7. The molecule has 3 saturated heterocycles. The van der Waals surface area contributed by atoms with E-state index in [1.807, 2.05) is 4.90 Å². The van der Waals surface area contributed by atoms with E-state index in [9.17, 15) is 13.5 Å². The third-order valence-corrected chi connectivity index (χ3v) is 14.8. The molecule has 55 heavy (non-hydrogen) atoms. The number of methoxy groups -OCH3 is 1. The highest BCUT2D eigenvalue weighted by Crippen LogP contribution is 2.52. The number of halogens is 2. The van der Waals surface area contributed by atoms with Crippen LogP contribution in [0.2, 0.25) is 0 Å². The lowest BCUT2D eigenvalue weighted by Crippen LogP contribution is -2.55. The summed E-state index contributed by atoms with van der Waals surface area (Å²) in [7, 11) is -1.50. The highest BCUT2D eigenvalue weighted by molar-refractivity contribution is 7.91. The number of ether oxygens (including phenoxy) is 3. The molecule has 9 rings (SSSR count). The Labute approximate surface area is 319 Å². The number of piperidine rings is 1. The number of terminal acetylenes is 1.